The average molecular weight is 493 g/mol. The fourth-order valence-electron chi connectivity index (χ4n) is 2.43. The maximum atomic E-state index is 12.9. The number of carbonyl (C=O) groups is 1. The fraction of sp³-hybridized carbons (Fsp3) is 0.389. The van der Waals surface area contributed by atoms with Gasteiger partial charge in [0.2, 0.25) is 0 Å². The van der Waals surface area contributed by atoms with E-state index in [2.05, 4.69) is 31.7 Å². The van der Waals surface area contributed by atoms with Gasteiger partial charge in [0.15, 0.2) is 10.8 Å². The average Bonchev–Trinajstić information content (AvgIpc) is 2.94. The SMILES string of the molecule is CCOC(=O)c1ccc(NC(=S)NCCCn2nc(C(F)(F)F)c(Br)c2C)cc1. The molecule has 0 aliphatic carbocycles. The maximum Gasteiger partial charge on any atom is 0.436 e. The molecule has 0 spiro atoms. The number of alkyl halides is 3. The first kappa shape index (κ1) is 23.1. The number of aryl methyl sites for hydroxylation is 1. The lowest BCUT2D eigenvalue weighted by molar-refractivity contribution is -0.142. The van der Waals surface area contributed by atoms with Crippen LogP contribution in [0.4, 0.5) is 18.9 Å². The number of benzene rings is 1. The summed E-state index contributed by atoms with van der Waals surface area (Å²) in [5.41, 5.74) is 0.624. The number of nitrogens with zero attached hydrogens (tertiary/aromatic N) is 2. The molecule has 0 saturated heterocycles. The number of nitrogens with one attached hydrogen (secondary N) is 2. The van der Waals surface area contributed by atoms with E-state index >= 15 is 0 Å². The summed E-state index contributed by atoms with van der Waals surface area (Å²) >= 11 is 8.15. The first-order valence-electron chi connectivity index (χ1n) is 8.75. The summed E-state index contributed by atoms with van der Waals surface area (Å²) in [5.74, 6) is -0.394. The molecule has 6 nitrogen and oxygen atoms in total. The molecule has 0 atom stereocenters. The van der Waals surface area contributed by atoms with Gasteiger partial charge in [-0.2, -0.15) is 18.3 Å². The van der Waals surface area contributed by atoms with E-state index in [-0.39, 0.29) is 4.47 Å². The van der Waals surface area contributed by atoms with E-state index in [0.29, 0.717) is 48.2 Å². The summed E-state index contributed by atoms with van der Waals surface area (Å²) in [7, 11) is 0. The number of carbonyl (C=O) groups excluding carboxylic acids is 1. The number of anilines is 1. The van der Waals surface area contributed by atoms with Crippen molar-refractivity contribution in [1.82, 2.24) is 15.1 Å². The van der Waals surface area contributed by atoms with Gasteiger partial charge in [0.1, 0.15) is 0 Å². The molecule has 29 heavy (non-hydrogen) atoms. The molecule has 0 saturated carbocycles. The number of esters is 1. The van der Waals surface area contributed by atoms with Crippen LogP contribution in [0, 0.1) is 6.92 Å². The Kier molecular flexibility index (Phi) is 8.03. The molecule has 2 N–H and O–H groups in total. The molecule has 11 heteroatoms. The Morgan fingerprint density at radius 3 is 2.52 bits per heavy atom. The second-order valence-corrected chi connectivity index (χ2v) is 7.20. The van der Waals surface area contributed by atoms with E-state index in [1.54, 1.807) is 38.1 Å². The first-order chi connectivity index (χ1) is 13.6. The van der Waals surface area contributed by atoms with Gasteiger partial charge in [0.25, 0.3) is 0 Å². The van der Waals surface area contributed by atoms with Gasteiger partial charge in [-0.3, -0.25) is 4.68 Å². The van der Waals surface area contributed by atoms with E-state index < -0.39 is 17.8 Å². The predicted molar refractivity (Wildman–Crippen MR) is 111 cm³/mol. The molecule has 2 rings (SSSR count). The number of aromatic nitrogens is 2. The van der Waals surface area contributed by atoms with Crippen LogP contribution in [0.3, 0.4) is 0 Å². The van der Waals surface area contributed by atoms with Gasteiger partial charge >= 0.3 is 12.1 Å². The molecule has 1 aromatic carbocycles. The topological polar surface area (TPSA) is 68.2 Å². The lowest BCUT2D eigenvalue weighted by Gasteiger charge is -2.11. The van der Waals surface area contributed by atoms with E-state index in [1.165, 1.54) is 4.68 Å². The zero-order valence-electron chi connectivity index (χ0n) is 15.8. The molecule has 0 aliphatic heterocycles. The Bertz CT molecular complexity index is 869. The van der Waals surface area contributed by atoms with Crippen molar-refractivity contribution in [2.45, 2.75) is 33.0 Å². The molecule has 2 aromatic rings. The van der Waals surface area contributed by atoms with Crippen molar-refractivity contribution in [3.63, 3.8) is 0 Å². The zero-order valence-corrected chi connectivity index (χ0v) is 18.2. The normalized spacial score (nSPS) is 11.2. The number of hydrogen-bond acceptors (Lipinski definition) is 4. The minimum Gasteiger partial charge on any atom is -0.462 e. The summed E-state index contributed by atoms with van der Waals surface area (Å²) in [4.78, 5) is 11.6. The summed E-state index contributed by atoms with van der Waals surface area (Å²) in [6, 6.07) is 6.64. The molecule has 0 fully saturated rings. The summed E-state index contributed by atoms with van der Waals surface area (Å²) in [5, 5.41) is 9.95. The van der Waals surface area contributed by atoms with Crippen LogP contribution < -0.4 is 10.6 Å². The first-order valence-corrected chi connectivity index (χ1v) is 9.95. The van der Waals surface area contributed by atoms with Crippen molar-refractivity contribution in [2.24, 2.45) is 0 Å². The van der Waals surface area contributed by atoms with Crippen molar-refractivity contribution in [3.8, 4) is 0 Å². The third-order valence-corrected chi connectivity index (χ3v) is 5.08. The molecule has 0 bridgehead atoms. The van der Waals surface area contributed by atoms with E-state index in [1.807, 2.05) is 0 Å². The number of thiocarbonyl (C=S) groups is 1. The van der Waals surface area contributed by atoms with E-state index in [9.17, 15) is 18.0 Å². The highest BCUT2D eigenvalue weighted by molar-refractivity contribution is 9.10. The van der Waals surface area contributed by atoms with Crippen LogP contribution in [0.25, 0.3) is 0 Å². The fourth-order valence-corrected chi connectivity index (χ4v) is 3.16. The van der Waals surface area contributed by atoms with Crippen LogP contribution in [-0.2, 0) is 17.5 Å². The minimum absolute atomic E-state index is 0.0404. The Hall–Kier alpha value is -2.14. The quantitative estimate of drug-likeness (QED) is 0.336. The van der Waals surface area contributed by atoms with Crippen LogP contribution in [0.2, 0.25) is 0 Å². The van der Waals surface area contributed by atoms with Crippen LogP contribution >= 0.6 is 28.1 Å². The standard InChI is InChI=1S/C18H20BrF3N4O2S/c1-3-28-16(27)12-5-7-13(8-6-12)24-17(29)23-9-4-10-26-11(2)14(19)15(25-26)18(20,21)22/h5-8H,3-4,9-10H2,1-2H3,(H2,23,24,29). The number of ether oxygens (including phenoxy) is 1. The molecule has 1 heterocycles. The van der Waals surface area contributed by atoms with Crippen molar-refractivity contribution < 1.29 is 22.7 Å². The van der Waals surface area contributed by atoms with Crippen LogP contribution in [-0.4, -0.2) is 34.0 Å². The van der Waals surface area contributed by atoms with E-state index in [0.717, 1.165) is 0 Å². The Balaban J connectivity index is 1.80. The van der Waals surface area contributed by atoms with Gasteiger partial charge in [0, 0.05) is 18.8 Å². The third kappa shape index (κ3) is 6.43. The number of rotatable bonds is 7. The maximum absolute atomic E-state index is 12.9. The summed E-state index contributed by atoms with van der Waals surface area (Å²) in [6.07, 6.45) is -3.97. The monoisotopic (exact) mass is 492 g/mol. The number of hydrogen-bond donors (Lipinski definition) is 2. The lowest BCUT2D eigenvalue weighted by Crippen LogP contribution is -2.29. The van der Waals surface area contributed by atoms with Gasteiger partial charge in [-0.15, -0.1) is 0 Å². The number of halogens is 4. The molecule has 1 aromatic heterocycles. The zero-order chi connectivity index (χ0) is 21.6. The van der Waals surface area contributed by atoms with Crippen LogP contribution in [0.15, 0.2) is 28.7 Å². The van der Waals surface area contributed by atoms with Crippen molar-refractivity contribution in [1.29, 1.82) is 0 Å². The molecular weight excluding hydrogens is 473 g/mol. The molecule has 0 amide bonds. The van der Waals surface area contributed by atoms with E-state index in [4.69, 9.17) is 17.0 Å². The smallest absolute Gasteiger partial charge is 0.436 e. The lowest BCUT2D eigenvalue weighted by atomic mass is 10.2. The highest BCUT2D eigenvalue weighted by Gasteiger charge is 2.37. The summed E-state index contributed by atoms with van der Waals surface area (Å²) < 4.78 is 44.8. The van der Waals surface area contributed by atoms with Crippen molar-refractivity contribution >= 4 is 44.9 Å². The molecular formula is C18H20BrF3N4O2S. The molecule has 0 unspecified atom stereocenters. The second-order valence-electron chi connectivity index (χ2n) is 6.00. The molecule has 158 valence electrons. The molecule has 0 aliphatic rings. The largest absolute Gasteiger partial charge is 0.462 e. The Morgan fingerprint density at radius 1 is 1.31 bits per heavy atom. The predicted octanol–water partition coefficient (Wildman–Crippen LogP) is 4.53. The summed E-state index contributed by atoms with van der Waals surface area (Å²) in [6.45, 7) is 4.38. The van der Waals surface area contributed by atoms with Gasteiger partial charge in [-0.25, -0.2) is 4.79 Å². The van der Waals surface area contributed by atoms with Gasteiger partial charge < -0.3 is 15.4 Å². The van der Waals surface area contributed by atoms with Gasteiger partial charge in [-0.1, -0.05) is 0 Å². The Morgan fingerprint density at radius 2 is 1.97 bits per heavy atom. The van der Waals surface area contributed by atoms with Crippen molar-refractivity contribution in [2.75, 3.05) is 18.5 Å². The van der Waals surface area contributed by atoms with Gasteiger partial charge in [-0.05, 0) is 72.7 Å². The highest BCUT2D eigenvalue weighted by Crippen LogP contribution is 2.35. The molecule has 0 radical (unpaired) electrons. The minimum atomic E-state index is -4.50. The Labute approximate surface area is 179 Å². The van der Waals surface area contributed by atoms with Crippen LogP contribution in [0.1, 0.15) is 35.1 Å². The van der Waals surface area contributed by atoms with Crippen molar-refractivity contribution in [3.05, 3.63) is 45.7 Å². The van der Waals surface area contributed by atoms with Gasteiger partial charge in [0.05, 0.1) is 22.3 Å². The highest BCUT2D eigenvalue weighted by atomic mass is 79.9. The third-order valence-electron chi connectivity index (χ3n) is 3.89. The van der Waals surface area contributed by atoms with Crippen LogP contribution in [0.5, 0.6) is 0 Å². The second kappa shape index (κ2) is 10.1.